The number of hydrogen-bond acceptors (Lipinski definition) is 5. The molecule has 1 amide bonds. The summed E-state index contributed by atoms with van der Waals surface area (Å²) in [5, 5.41) is 11.7. The third-order valence-electron chi connectivity index (χ3n) is 3.15. The summed E-state index contributed by atoms with van der Waals surface area (Å²) < 4.78 is 4.98. The lowest BCUT2D eigenvalue weighted by Crippen LogP contribution is -2.39. The van der Waals surface area contributed by atoms with Crippen LogP contribution in [-0.4, -0.2) is 47.3 Å². The molecule has 7 nitrogen and oxygen atoms in total. The fraction of sp³-hybridized carbons (Fsp3) is 0.643. The number of aryl methyl sites for hydroxylation is 2. The molecule has 1 heterocycles. The minimum atomic E-state index is -0.219. The molecule has 0 saturated heterocycles. The molecule has 118 valence electrons. The van der Waals surface area contributed by atoms with E-state index in [2.05, 4.69) is 15.3 Å². The van der Waals surface area contributed by atoms with Gasteiger partial charge < -0.3 is 20.1 Å². The summed E-state index contributed by atoms with van der Waals surface area (Å²) in [5.41, 5.74) is 0.977. The Hall–Kier alpha value is -1.73. The summed E-state index contributed by atoms with van der Waals surface area (Å²) in [4.78, 5) is 30.5. The van der Waals surface area contributed by atoms with E-state index in [1.165, 1.54) is 7.11 Å². The monoisotopic (exact) mass is 297 g/mol. The van der Waals surface area contributed by atoms with Gasteiger partial charge in [-0.15, -0.1) is 0 Å². The molecule has 0 spiro atoms. The Morgan fingerprint density at radius 1 is 1.48 bits per heavy atom. The van der Waals surface area contributed by atoms with E-state index in [1.54, 1.807) is 13.8 Å². The number of carbonyl (C=O) groups excluding carboxylic acids is 1. The van der Waals surface area contributed by atoms with Crippen LogP contribution in [0.3, 0.4) is 0 Å². The maximum atomic E-state index is 11.9. The lowest BCUT2D eigenvalue weighted by Gasteiger charge is -2.16. The van der Waals surface area contributed by atoms with Gasteiger partial charge in [0.1, 0.15) is 5.82 Å². The molecule has 1 aromatic rings. The Labute approximate surface area is 123 Å². The number of aliphatic hydroxyl groups is 1. The maximum Gasteiger partial charge on any atom is 0.254 e. The lowest BCUT2D eigenvalue weighted by atomic mass is 10.1. The Bertz CT molecular complexity index is 521. The SMILES string of the molecule is COCC(CCO)NC(=O)CCc1c(C)nc(C)[nH]c1=O. The van der Waals surface area contributed by atoms with Crippen molar-refractivity contribution in [3.05, 3.63) is 27.4 Å². The predicted octanol–water partition coefficient (Wildman–Crippen LogP) is -0.167. The van der Waals surface area contributed by atoms with Gasteiger partial charge in [-0.1, -0.05) is 0 Å². The number of carbonyl (C=O) groups is 1. The smallest absolute Gasteiger partial charge is 0.254 e. The highest BCUT2D eigenvalue weighted by Crippen LogP contribution is 2.03. The predicted molar refractivity (Wildman–Crippen MR) is 78.2 cm³/mol. The number of hydrogen-bond donors (Lipinski definition) is 3. The van der Waals surface area contributed by atoms with Crippen molar-refractivity contribution in [2.75, 3.05) is 20.3 Å². The second-order valence-corrected chi connectivity index (χ2v) is 4.95. The van der Waals surface area contributed by atoms with Crippen molar-refractivity contribution in [3.8, 4) is 0 Å². The number of amides is 1. The fourth-order valence-corrected chi connectivity index (χ4v) is 2.14. The minimum Gasteiger partial charge on any atom is -0.396 e. The summed E-state index contributed by atoms with van der Waals surface area (Å²) in [6, 6.07) is -0.219. The van der Waals surface area contributed by atoms with Crippen LogP contribution in [0.5, 0.6) is 0 Å². The van der Waals surface area contributed by atoms with E-state index in [1.807, 2.05) is 0 Å². The van der Waals surface area contributed by atoms with Gasteiger partial charge in [0.05, 0.1) is 12.6 Å². The van der Waals surface area contributed by atoms with Crippen LogP contribution in [0.25, 0.3) is 0 Å². The lowest BCUT2D eigenvalue weighted by molar-refractivity contribution is -0.122. The molecule has 3 N–H and O–H groups in total. The van der Waals surface area contributed by atoms with Crippen molar-refractivity contribution >= 4 is 5.91 Å². The zero-order valence-corrected chi connectivity index (χ0v) is 12.7. The van der Waals surface area contributed by atoms with Gasteiger partial charge in [0.25, 0.3) is 5.56 Å². The molecular weight excluding hydrogens is 274 g/mol. The van der Waals surface area contributed by atoms with Crippen LogP contribution >= 0.6 is 0 Å². The van der Waals surface area contributed by atoms with E-state index in [4.69, 9.17) is 9.84 Å². The molecule has 0 aliphatic rings. The molecule has 0 fully saturated rings. The average Bonchev–Trinajstić information content (AvgIpc) is 2.37. The molecule has 0 aliphatic carbocycles. The molecular formula is C14H23N3O4. The highest BCUT2D eigenvalue weighted by Gasteiger charge is 2.13. The van der Waals surface area contributed by atoms with Crippen LogP contribution in [-0.2, 0) is 16.0 Å². The van der Waals surface area contributed by atoms with Crippen molar-refractivity contribution < 1.29 is 14.6 Å². The number of methoxy groups -OCH3 is 1. The molecule has 0 saturated carbocycles. The number of aromatic amines is 1. The Kier molecular flexibility index (Phi) is 7.04. The molecule has 1 unspecified atom stereocenters. The molecule has 1 atom stereocenters. The van der Waals surface area contributed by atoms with Gasteiger partial charge in [-0.3, -0.25) is 9.59 Å². The zero-order valence-electron chi connectivity index (χ0n) is 12.7. The van der Waals surface area contributed by atoms with Crippen LogP contribution < -0.4 is 10.9 Å². The Morgan fingerprint density at radius 3 is 2.76 bits per heavy atom. The number of aromatic nitrogens is 2. The molecule has 0 bridgehead atoms. The molecule has 21 heavy (non-hydrogen) atoms. The largest absolute Gasteiger partial charge is 0.396 e. The first-order chi connectivity index (χ1) is 9.97. The average molecular weight is 297 g/mol. The van der Waals surface area contributed by atoms with Gasteiger partial charge in [0, 0.05) is 31.4 Å². The summed E-state index contributed by atoms with van der Waals surface area (Å²) in [6.45, 7) is 3.80. The maximum absolute atomic E-state index is 11.9. The van der Waals surface area contributed by atoms with Crippen LogP contribution in [0, 0.1) is 13.8 Å². The number of nitrogens with one attached hydrogen (secondary N) is 2. The van der Waals surface area contributed by atoms with Crippen molar-refractivity contribution in [2.45, 2.75) is 39.2 Å². The van der Waals surface area contributed by atoms with Gasteiger partial charge >= 0.3 is 0 Å². The van der Waals surface area contributed by atoms with Crippen LogP contribution in [0.4, 0.5) is 0 Å². The van der Waals surface area contributed by atoms with E-state index in [-0.39, 0.29) is 30.5 Å². The molecule has 1 rings (SSSR count). The van der Waals surface area contributed by atoms with Crippen LogP contribution in [0.15, 0.2) is 4.79 Å². The van der Waals surface area contributed by atoms with Crippen LogP contribution in [0.2, 0.25) is 0 Å². The summed E-state index contributed by atoms with van der Waals surface area (Å²) in [7, 11) is 1.54. The topological polar surface area (TPSA) is 104 Å². The number of nitrogens with zero attached hydrogens (tertiary/aromatic N) is 1. The van der Waals surface area contributed by atoms with E-state index in [0.717, 1.165) is 0 Å². The number of rotatable bonds is 8. The third kappa shape index (κ3) is 5.65. The van der Waals surface area contributed by atoms with Crippen LogP contribution in [0.1, 0.15) is 29.9 Å². The highest BCUT2D eigenvalue weighted by molar-refractivity contribution is 5.76. The zero-order chi connectivity index (χ0) is 15.8. The molecule has 0 aliphatic heterocycles. The standard InChI is InChI=1S/C14H23N3O4/c1-9-12(14(20)16-10(2)15-9)4-5-13(19)17-11(6-7-18)8-21-3/h11,18H,4-8H2,1-3H3,(H,17,19)(H,15,16,20). The highest BCUT2D eigenvalue weighted by atomic mass is 16.5. The molecule has 1 aromatic heterocycles. The minimum absolute atomic E-state index is 0.0189. The Morgan fingerprint density at radius 2 is 2.19 bits per heavy atom. The van der Waals surface area contributed by atoms with Crippen molar-refractivity contribution in [1.82, 2.24) is 15.3 Å². The third-order valence-corrected chi connectivity index (χ3v) is 3.15. The summed E-state index contributed by atoms with van der Waals surface area (Å²) >= 11 is 0. The number of aliphatic hydroxyl groups excluding tert-OH is 1. The van der Waals surface area contributed by atoms with Gasteiger partial charge in [-0.05, 0) is 26.7 Å². The van der Waals surface area contributed by atoms with Crippen molar-refractivity contribution in [3.63, 3.8) is 0 Å². The first kappa shape index (κ1) is 17.3. The van der Waals surface area contributed by atoms with Gasteiger partial charge in [-0.25, -0.2) is 4.98 Å². The quantitative estimate of drug-likeness (QED) is 0.618. The van der Waals surface area contributed by atoms with Gasteiger partial charge in [0.2, 0.25) is 5.91 Å². The molecule has 0 radical (unpaired) electrons. The van der Waals surface area contributed by atoms with Crippen molar-refractivity contribution in [2.24, 2.45) is 0 Å². The summed E-state index contributed by atoms with van der Waals surface area (Å²) in [5.74, 6) is 0.388. The Balaban J connectivity index is 2.59. The van der Waals surface area contributed by atoms with E-state index < -0.39 is 0 Å². The number of H-pyrrole nitrogens is 1. The second-order valence-electron chi connectivity index (χ2n) is 4.95. The first-order valence-electron chi connectivity index (χ1n) is 6.93. The number of ether oxygens (including phenoxy) is 1. The van der Waals surface area contributed by atoms with Crippen molar-refractivity contribution in [1.29, 1.82) is 0 Å². The first-order valence-corrected chi connectivity index (χ1v) is 6.93. The second kappa shape index (κ2) is 8.53. The van der Waals surface area contributed by atoms with E-state index >= 15 is 0 Å². The normalized spacial score (nSPS) is 12.2. The molecule has 0 aromatic carbocycles. The van der Waals surface area contributed by atoms with E-state index in [9.17, 15) is 9.59 Å². The summed E-state index contributed by atoms with van der Waals surface area (Å²) in [6.07, 6.45) is 0.963. The van der Waals surface area contributed by atoms with Gasteiger partial charge in [0.15, 0.2) is 0 Å². The molecule has 7 heteroatoms. The van der Waals surface area contributed by atoms with E-state index in [0.29, 0.717) is 36.5 Å². The fourth-order valence-electron chi connectivity index (χ4n) is 2.14. The van der Waals surface area contributed by atoms with Gasteiger partial charge in [-0.2, -0.15) is 0 Å².